The molecular weight excluding hydrogens is 721 g/mol. The fourth-order valence-corrected chi connectivity index (χ4v) is 8.28. The Bertz CT molecular complexity index is 2090. The normalized spacial score (nSPS) is 20.1. The molecule has 1 aliphatic carbocycles. The maximum absolute atomic E-state index is 13.4. The van der Waals surface area contributed by atoms with Gasteiger partial charge in [-0.15, -0.1) is 0 Å². The molecule has 2 aliphatic rings. The van der Waals surface area contributed by atoms with Gasteiger partial charge in [-0.2, -0.15) is 5.10 Å². The lowest BCUT2D eigenvalue weighted by molar-refractivity contribution is -0.159. The van der Waals surface area contributed by atoms with Gasteiger partial charge in [0, 0.05) is 65.1 Å². The van der Waals surface area contributed by atoms with Gasteiger partial charge < -0.3 is 38.2 Å². The van der Waals surface area contributed by atoms with E-state index in [0.717, 1.165) is 66.2 Å². The average molecular weight is 779 g/mol. The van der Waals surface area contributed by atoms with Crippen molar-refractivity contribution in [3.05, 3.63) is 96.7 Å². The Morgan fingerprint density at radius 1 is 0.965 bits per heavy atom. The summed E-state index contributed by atoms with van der Waals surface area (Å²) in [7, 11) is 5.68. The molecule has 4 heterocycles. The van der Waals surface area contributed by atoms with Crippen LogP contribution in [0.3, 0.4) is 0 Å². The first-order valence-corrected chi connectivity index (χ1v) is 20.0. The molecule has 1 aliphatic heterocycles. The van der Waals surface area contributed by atoms with Gasteiger partial charge in [0.25, 0.3) is 0 Å². The number of nitrogens with zero attached hydrogens (tertiary/aromatic N) is 8. The third-order valence-electron chi connectivity index (χ3n) is 10.9. The Hall–Kier alpha value is -5.14. The molecule has 0 bridgehead atoms. The second-order valence-corrected chi connectivity index (χ2v) is 16.9. The first-order chi connectivity index (χ1) is 27.3. The summed E-state index contributed by atoms with van der Waals surface area (Å²) in [5.41, 5.74) is 3.68. The van der Waals surface area contributed by atoms with Crippen molar-refractivity contribution in [1.82, 2.24) is 29.2 Å². The molecule has 0 N–H and O–H groups in total. The van der Waals surface area contributed by atoms with Gasteiger partial charge in [-0.25, -0.2) is 14.8 Å². The summed E-state index contributed by atoms with van der Waals surface area (Å²) < 4.78 is 28.7. The topological polar surface area (TPSA) is 112 Å². The van der Waals surface area contributed by atoms with Crippen LogP contribution in [-0.2, 0) is 34.2 Å². The lowest BCUT2D eigenvalue weighted by Crippen LogP contribution is -2.40. The first-order valence-electron chi connectivity index (χ1n) is 20.0. The zero-order valence-electron chi connectivity index (χ0n) is 34.7. The fraction of sp³-hybridized carbons (Fsp3) is 0.500. The van der Waals surface area contributed by atoms with E-state index >= 15 is 0 Å². The van der Waals surface area contributed by atoms with Crippen molar-refractivity contribution in [3.8, 4) is 5.75 Å². The van der Waals surface area contributed by atoms with Gasteiger partial charge in [0.1, 0.15) is 35.2 Å². The Labute approximate surface area is 336 Å². The van der Waals surface area contributed by atoms with Crippen LogP contribution in [0.5, 0.6) is 5.75 Å². The van der Waals surface area contributed by atoms with E-state index in [2.05, 4.69) is 69.2 Å². The molecule has 304 valence electrons. The second-order valence-electron chi connectivity index (χ2n) is 16.9. The first kappa shape index (κ1) is 40.1. The smallest absolute Gasteiger partial charge is 0.410 e. The van der Waals surface area contributed by atoms with Crippen molar-refractivity contribution < 1.29 is 23.7 Å². The number of benzene rings is 2. The Kier molecular flexibility index (Phi) is 11.8. The highest BCUT2D eigenvalue weighted by molar-refractivity contribution is 5.88. The largest absolute Gasteiger partial charge is 0.497 e. The highest BCUT2D eigenvalue weighted by atomic mass is 16.8. The number of aromatic nitrogens is 5. The van der Waals surface area contributed by atoms with E-state index in [1.54, 1.807) is 13.4 Å². The number of rotatable bonds is 15. The molecule has 3 aromatic heterocycles. The Morgan fingerprint density at radius 3 is 2.42 bits per heavy atom. The van der Waals surface area contributed by atoms with Crippen molar-refractivity contribution in [2.45, 2.75) is 90.1 Å². The number of carbonyl (C=O) groups is 1. The molecule has 4 atom stereocenters. The number of ether oxygens (including phenoxy) is 4. The van der Waals surface area contributed by atoms with Crippen LogP contribution in [0.4, 0.5) is 16.3 Å². The van der Waals surface area contributed by atoms with E-state index in [9.17, 15) is 4.79 Å². The molecule has 1 amide bonds. The standard InChI is InChI=1S/C44H58N8O5/c1-43(2,3)57-42(53)50(23-19-31-13-10-9-11-14-31)21-12-22-51(34-26-47-49(7)29-34)28-33-25-37(39-38(33)55-44(4,5)56-39)52-24-20-36-40(45-30-46-41(36)52)48(6)27-32-15-17-35(54-8)18-16-32/h9-11,13-18,20,24,26,29-30,33,37-39H,12,19,21-23,25,27-28H2,1-8H3/t33-,37-,38-,39+/m1/s1. The SMILES string of the molecule is COc1ccc(CN(C)c2ncnc3c2ccn3[C@@H]2C[C@H](CN(CCCN(CCc3ccccc3)C(=O)OC(C)(C)C)c3cnn(C)c3)[C@H]3OC(C)(C)O[C@H]32)cc1. The minimum atomic E-state index is -0.722. The number of anilines is 2. The quantitative estimate of drug-likeness (QED) is 0.108. The van der Waals surface area contributed by atoms with E-state index in [1.807, 2.05) is 87.8 Å². The van der Waals surface area contributed by atoms with Gasteiger partial charge in [-0.1, -0.05) is 42.5 Å². The minimum Gasteiger partial charge on any atom is -0.497 e. The van der Waals surface area contributed by atoms with Crippen molar-refractivity contribution in [3.63, 3.8) is 0 Å². The van der Waals surface area contributed by atoms with Crippen molar-refractivity contribution in [2.75, 3.05) is 50.1 Å². The van der Waals surface area contributed by atoms with Gasteiger partial charge >= 0.3 is 6.09 Å². The summed E-state index contributed by atoms with van der Waals surface area (Å²) in [6, 6.07) is 20.5. The van der Waals surface area contributed by atoms with Gasteiger partial charge in [0.05, 0.1) is 36.5 Å². The Morgan fingerprint density at radius 2 is 1.72 bits per heavy atom. The zero-order valence-corrected chi connectivity index (χ0v) is 34.7. The van der Waals surface area contributed by atoms with Gasteiger partial charge in [-0.3, -0.25) is 4.68 Å². The summed E-state index contributed by atoms with van der Waals surface area (Å²) in [6.07, 6.45) is 9.54. The predicted molar refractivity (Wildman–Crippen MR) is 222 cm³/mol. The maximum Gasteiger partial charge on any atom is 0.410 e. The molecule has 2 fully saturated rings. The van der Waals surface area contributed by atoms with E-state index in [1.165, 1.54) is 5.56 Å². The summed E-state index contributed by atoms with van der Waals surface area (Å²) in [5.74, 6) is 1.13. The van der Waals surface area contributed by atoms with Gasteiger partial charge in [0.15, 0.2) is 5.79 Å². The number of aryl methyl sites for hydroxylation is 1. The third-order valence-corrected chi connectivity index (χ3v) is 10.9. The van der Waals surface area contributed by atoms with Crippen LogP contribution >= 0.6 is 0 Å². The van der Waals surface area contributed by atoms with E-state index in [0.29, 0.717) is 19.6 Å². The number of hydrogen-bond donors (Lipinski definition) is 0. The molecule has 5 aromatic rings. The summed E-state index contributed by atoms with van der Waals surface area (Å²) >= 11 is 0. The number of carbonyl (C=O) groups excluding carboxylic acids is 1. The number of fused-ring (bicyclic) bond motifs is 2. The molecule has 57 heavy (non-hydrogen) atoms. The van der Waals surface area contributed by atoms with Crippen molar-refractivity contribution in [1.29, 1.82) is 0 Å². The highest BCUT2D eigenvalue weighted by Crippen LogP contribution is 2.48. The average Bonchev–Trinajstić information content (AvgIpc) is 3.95. The fourth-order valence-electron chi connectivity index (χ4n) is 8.28. The van der Waals surface area contributed by atoms with Crippen LogP contribution in [0.1, 0.15) is 64.6 Å². The maximum atomic E-state index is 13.4. The monoisotopic (exact) mass is 778 g/mol. The molecule has 0 unspecified atom stereocenters. The molecule has 7 rings (SSSR count). The number of methoxy groups -OCH3 is 1. The number of amides is 1. The zero-order chi connectivity index (χ0) is 40.3. The molecular formula is C44H58N8O5. The van der Waals surface area contributed by atoms with Crippen LogP contribution in [0.15, 0.2) is 85.6 Å². The second kappa shape index (κ2) is 16.8. The van der Waals surface area contributed by atoms with Crippen LogP contribution < -0.4 is 14.5 Å². The lowest BCUT2D eigenvalue weighted by atomic mass is 10.0. The minimum absolute atomic E-state index is 0.00492. The van der Waals surface area contributed by atoms with E-state index < -0.39 is 11.4 Å². The summed E-state index contributed by atoms with van der Waals surface area (Å²) in [4.78, 5) is 29.4. The molecule has 1 saturated carbocycles. The van der Waals surface area contributed by atoms with Gasteiger partial charge in [0.2, 0.25) is 0 Å². The Balaban J connectivity index is 1.09. The molecule has 0 radical (unpaired) electrons. The highest BCUT2D eigenvalue weighted by Gasteiger charge is 2.55. The molecule has 1 saturated heterocycles. The van der Waals surface area contributed by atoms with Crippen LogP contribution in [0, 0.1) is 5.92 Å². The van der Waals surface area contributed by atoms with Gasteiger partial charge in [-0.05, 0) is 83.2 Å². The summed E-state index contributed by atoms with van der Waals surface area (Å²) in [5, 5.41) is 5.52. The molecule has 13 nitrogen and oxygen atoms in total. The third kappa shape index (κ3) is 9.53. The van der Waals surface area contributed by atoms with Crippen molar-refractivity contribution in [2.24, 2.45) is 13.0 Å². The van der Waals surface area contributed by atoms with E-state index in [-0.39, 0.29) is 30.3 Å². The predicted octanol–water partition coefficient (Wildman–Crippen LogP) is 7.27. The van der Waals surface area contributed by atoms with Crippen molar-refractivity contribution >= 4 is 28.6 Å². The summed E-state index contributed by atoms with van der Waals surface area (Å²) in [6.45, 7) is 13.0. The van der Waals surface area contributed by atoms with E-state index in [4.69, 9.17) is 28.9 Å². The number of hydrogen-bond acceptors (Lipinski definition) is 10. The lowest BCUT2D eigenvalue weighted by Gasteiger charge is -2.31. The molecule has 13 heteroatoms. The molecule has 0 spiro atoms. The molecule has 2 aromatic carbocycles. The van der Waals surface area contributed by atoms with Crippen LogP contribution in [0.25, 0.3) is 11.0 Å². The van der Waals surface area contributed by atoms with Crippen LogP contribution in [0.2, 0.25) is 0 Å². The van der Waals surface area contributed by atoms with Crippen LogP contribution in [-0.4, -0.2) is 99.2 Å².